The number of carbonyl (C=O) groups excluding carboxylic acids is 1. The number of hydrogen-bond acceptors (Lipinski definition) is 5. The Morgan fingerprint density at radius 3 is 2.40 bits per heavy atom. The second-order valence-electron chi connectivity index (χ2n) is 7.61. The van der Waals surface area contributed by atoms with E-state index in [9.17, 15) is 4.79 Å². The molecule has 1 aliphatic carbocycles. The number of unbranched alkanes of at least 4 members (excludes halogenated alkanes) is 1. The summed E-state index contributed by atoms with van der Waals surface area (Å²) in [5.74, 6) is 1.20. The molecule has 7 nitrogen and oxygen atoms in total. The first kappa shape index (κ1) is 24.1. The van der Waals surface area contributed by atoms with Gasteiger partial charge in [0.25, 0.3) is 0 Å². The van der Waals surface area contributed by atoms with Gasteiger partial charge in [-0.15, -0.1) is 0 Å². The lowest BCUT2D eigenvalue weighted by molar-refractivity contribution is 0.166. The Morgan fingerprint density at radius 1 is 1.13 bits per heavy atom. The number of urea groups is 1. The maximum atomic E-state index is 13.5. The number of carbonyl (C=O) groups is 1. The largest absolute Gasteiger partial charge is 0.341 e. The summed E-state index contributed by atoms with van der Waals surface area (Å²) in [5, 5.41) is 0. The summed E-state index contributed by atoms with van der Waals surface area (Å²) in [5.41, 5.74) is 0.674. The van der Waals surface area contributed by atoms with E-state index in [0.29, 0.717) is 36.6 Å². The fourth-order valence-corrected chi connectivity index (χ4v) is 4.05. The van der Waals surface area contributed by atoms with Crippen molar-refractivity contribution in [2.75, 3.05) is 36.0 Å². The van der Waals surface area contributed by atoms with Crippen LogP contribution >= 0.6 is 0 Å². The molecule has 0 aromatic carbocycles. The highest BCUT2D eigenvalue weighted by molar-refractivity contribution is 5.95. The summed E-state index contributed by atoms with van der Waals surface area (Å²) in [6.45, 7) is 15.0. The maximum absolute atomic E-state index is 13.5. The van der Waals surface area contributed by atoms with Crippen molar-refractivity contribution in [1.82, 2.24) is 14.9 Å². The van der Waals surface area contributed by atoms with E-state index in [1.165, 1.54) is 19.3 Å². The standard InChI is InChI=1S/C23H39N6O/c1-6-11-17-24-21-20(18-25-22(26-21)27(7-2)8-3)29(10-5)23(30)28(9-4)19-15-13-12-14-16-19/h17-19H,1,6-16H2,2-5H3. The molecule has 167 valence electrons. The molecule has 0 bridgehead atoms. The summed E-state index contributed by atoms with van der Waals surface area (Å²) in [4.78, 5) is 33.3. The Morgan fingerprint density at radius 2 is 1.83 bits per heavy atom. The average Bonchev–Trinajstić information content (AvgIpc) is 2.78. The quantitative estimate of drug-likeness (QED) is 0.490. The summed E-state index contributed by atoms with van der Waals surface area (Å²) >= 11 is 0. The molecular weight excluding hydrogens is 376 g/mol. The van der Waals surface area contributed by atoms with Gasteiger partial charge in [0.05, 0.1) is 6.20 Å². The number of amides is 2. The fraction of sp³-hybridized carbons (Fsp3) is 0.696. The molecule has 0 aliphatic heterocycles. The van der Waals surface area contributed by atoms with Crippen molar-refractivity contribution in [1.29, 1.82) is 0 Å². The van der Waals surface area contributed by atoms with Crippen molar-refractivity contribution >= 4 is 29.7 Å². The van der Waals surface area contributed by atoms with Crippen molar-refractivity contribution < 1.29 is 4.79 Å². The highest BCUT2D eigenvalue weighted by Gasteiger charge is 2.29. The minimum atomic E-state index is 0.0275. The number of rotatable bonds is 10. The van der Waals surface area contributed by atoms with Gasteiger partial charge in [-0.1, -0.05) is 26.2 Å². The predicted molar refractivity (Wildman–Crippen MR) is 126 cm³/mol. The molecular formula is C23H39N6O. The van der Waals surface area contributed by atoms with Crippen molar-refractivity contribution in [3.8, 4) is 0 Å². The molecule has 1 fully saturated rings. The topological polar surface area (TPSA) is 64.9 Å². The van der Waals surface area contributed by atoms with Crippen molar-refractivity contribution in [2.45, 2.75) is 78.7 Å². The van der Waals surface area contributed by atoms with Gasteiger partial charge in [0.1, 0.15) is 5.69 Å². The Hall–Kier alpha value is -2.18. The third-order valence-corrected chi connectivity index (χ3v) is 5.77. The van der Waals surface area contributed by atoms with Gasteiger partial charge in [0, 0.05) is 38.4 Å². The number of aromatic nitrogens is 2. The van der Waals surface area contributed by atoms with E-state index in [1.807, 2.05) is 18.0 Å². The molecule has 1 saturated carbocycles. The third kappa shape index (κ3) is 5.92. The van der Waals surface area contributed by atoms with E-state index in [1.54, 1.807) is 11.1 Å². The molecule has 7 heteroatoms. The minimum absolute atomic E-state index is 0.0275. The van der Waals surface area contributed by atoms with Crippen molar-refractivity contribution in [3.63, 3.8) is 0 Å². The smallest absolute Gasteiger partial charge is 0.324 e. The first-order valence-corrected chi connectivity index (χ1v) is 11.6. The highest BCUT2D eigenvalue weighted by Crippen LogP contribution is 2.30. The van der Waals surface area contributed by atoms with Crippen LogP contribution in [0.15, 0.2) is 11.2 Å². The molecule has 2 amide bonds. The normalized spacial score (nSPS) is 14.8. The van der Waals surface area contributed by atoms with E-state index < -0.39 is 0 Å². The minimum Gasteiger partial charge on any atom is -0.341 e. The first-order valence-electron chi connectivity index (χ1n) is 11.6. The number of anilines is 2. The van der Waals surface area contributed by atoms with Crippen molar-refractivity contribution in [2.24, 2.45) is 4.99 Å². The molecule has 0 saturated heterocycles. The Bertz CT molecular complexity index is 682. The van der Waals surface area contributed by atoms with Crippen LogP contribution < -0.4 is 9.80 Å². The summed E-state index contributed by atoms with van der Waals surface area (Å²) in [6, 6.07) is 0.346. The Kier molecular flexibility index (Phi) is 10.0. The average molecular weight is 416 g/mol. The van der Waals surface area contributed by atoms with Crippen LogP contribution in [0.4, 0.5) is 22.2 Å². The van der Waals surface area contributed by atoms with Gasteiger partial charge in [0.15, 0.2) is 5.82 Å². The summed E-state index contributed by atoms with van der Waals surface area (Å²) in [6.07, 6.45) is 11.0. The van der Waals surface area contributed by atoms with Crippen LogP contribution in [-0.4, -0.2) is 59.3 Å². The molecule has 1 heterocycles. The lowest BCUT2D eigenvalue weighted by Crippen LogP contribution is -2.49. The van der Waals surface area contributed by atoms with Gasteiger partial charge in [-0.3, -0.25) is 4.90 Å². The highest BCUT2D eigenvalue weighted by atomic mass is 16.2. The Balaban J connectivity index is 2.39. The lowest BCUT2D eigenvalue weighted by atomic mass is 9.94. The van der Waals surface area contributed by atoms with Crippen LogP contribution in [0.3, 0.4) is 0 Å². The summed E-state index contributed by atoms with van der Waals surface area (Å²) < 4.78 is 0. The van der Waals surface area contributed by atoms with E-state index in [4.69, 9.17) is 4.98 Å². The van der Waals surface area contributed by atoms with Crippen LogP contribution in [-0.2, 0) is 0 Å². The molecule has 1 aromatic rings. The lowest BCUT2D eigenvalue weighted by Gasteiger charge is -2.37. The van der Waals surface area contributed by atoms with Gasteiger partial charge < -0.3 is 9.80 Å². The molecule has 0 spiro atoms. The van der Waals surface area contributed by atoms with Crippen molar-refractivity contribution in [3.05, 3.63) is 13.1 Å². The number of nitrogens with zero attached hydrogens (tertiary/aromatic N) is 6. The first-order chi connectivity index (χ1) is 14.6. The van der Waals surface area contributed by atoms with Gasteiger partial charge in [-0.2, -0.15) is 4.98 Å². The van der Waals surface area contributed by atoms with Crippen LogP contribution in [0, 0.1) is 6.92 Å². The zero-order chi connectivity index (χ0) is 21.9. The molecule has 0 atom stereocenters. The molecule has 1 radical (unpaired) electrons. The van der Waals surface area contributed by atoms with E-state index >= 15 is 0 Å². The zero-order valence-electron chi connectivity index (χ0n) is 19.3. The van der Waals surface area contributed by atoms with Gasteiger partial charge in [-0.25, -0.2) is 14.8 Å². The maximum Gasteiger partial charge on any atom is 0.324 e. The predicted octanol–water partition coefficient (Wildman–Crippen LogP) is 5.24. The van der Waals surface area contributed by atoms with Gasteiger partial charge >= 0.3 is 6.03 Å². The SMILES string of the molecule is [CH2]CCC=Nc1nc(N(CC)CC)ncc1N(CC)C(=O)N(CC)C1CCCCC1. The molecule has 1 aliphatic rings. The van der Waals surface area contributed by atoms with Crippen LogP contribution in [0.2, 0.25) is 0 Å². The van der Waals surface area contributed by atoms with Crippen LogP contribution in [0.25, 0.3) is 0 Å². The molecule has 30 heavy (non-hydrogen) atoms. The fourth-order valence-electron chi connectivity index (χ4n) is 4.05. The number of hydrogen-bond donors (Lipinski definition) is 0. The van der Waals surface area contributed by atoms with Crippen LogP contribution in [0.1, 0.15) is 72.6 Å². The second-order valence-corrected chi connectivity index (χ2v) is 7.61. The zero-order valence-corrected chi connectivity index (χ0v) is 19.3. The second kappa shape index (κ2) is 12.5. The van der Waals surface area contributed by atoms with E-state index in [-0.39, 0.29) is 6.03 Å². The molecule has 1 aromatic heterocycles. The van der Waals surface area contributed by atoms with Gasteiger partial charge in [-0.05, 0) is 53.4 Å². The molecule has 2 rings (SSSR count). The van der Waals surface area contributed by atoms with Crippen LogP contribution in [0.5, 0.6) is 0 Å². The van der Waals surface area contributed by atoms with Gasteiger partial charge in [0.2, 0.25) is 5.95 Å². The molecule has 0 N–H and O–H groups in total. The third-order valence-electron chi connectivity index (χ3n) is 5.77. The monoisotopic (exact) mass is 415 g/mol. The number of aliphatic imine (C=N–C) groups is 1. The van der Waals surface area contributed by atoms with E-state index in [2.05, 4.69) is 42.6 Å². The van der Waals surface area contributed by atoms with E-state index in [0.717, 1.165) is 38.8 Å². The molecule has 0 unspecified atom stereocenters. The Labute approximate surface area is 182 Å². The summed E-state index contributed by atoms with van der Waals surface area (Å²) in [7, 11) is 0.